The number of amides is 1. The van der Waals surface area contributed by atoms with Crippen LogP contribution in [0.2, 0.25) is 0 Å². The van der Waals surface area contributed by atoms with E-state index in [9.17, 15) is 18.0 Å². The van der Waals surface area contributed by atoms with Crippen molar-refractivity contribution in [2.24, 2.45) is 0 Å². The first kappa shape index (κ1) is 13.5. The molecule has 0 saturated carbocycles. The maximum absolute atomic E-state index is 12.4. The number of ether oxygens (including phenoxy) is 1. The fourth-order valence-electron chi connectivity index (χ4n) is 1.91. The Labute approximate surface area is 107 Å². The van der Waals surface area contributed by atoms with Crippen LogP contribution in [-0.4, -0.2) is 35.3 Å². The highest BCUT2D eigenvalue weighted by atomic mass is 19.4. The van der Waals surface area contributed by atoms with Gasteiger partial charge in [-0.1, -0.05) is 0 Å². The summed E-state index contributed by atoms with van der Waals surface area (Å²) in [4.78, 5) is 11.9. The van der Waals surface area contributed by atoms with Crippen LogP contribution in [0.4, 0.5) is 18.0 Å². The number of hydrogen-bond donors (Lipinski definition) is 1. The van der Waals surface area contributed by atoms with Gasteiger partial charge in [-0.15, -0.1) is 0 Å². The molecule has 0 unspecified atom stereocenters. The lowest BCUT2D eigenvalue weighted by Crippen LogP contribution is -2.29. The van der Waals surface area contributed by atoms with Crippen LogP contribution in [0.25, 0.3) is 0 Å². The summed E-state index contributed by atoms with van der Waals surface area (Å²) in [6, 6.07) is 4.37. The number of likely N-dealkylation sites (tertiary alicyclic amines) is 1. The predicted molar refractivity (Wildman–Crippen MR) is 60.1 cm³/mol. The number of carboxylic acid groups (broad SMARTS) is 1. The Morgan fingerprint density at radius 1 is 1.32 bits per heavy atom. The van der Waals surface area contributed by atoms with Crippen molar-refractivity contribution in [1.82, 2.24) is 4.90 Å². The van der Waals surface area contributed by atoms with Crippen molar-refractivity contribution in [1.29, 1.82) is 0 Å². The monoisotopic (exact) mass is 275 g/mol. The number of nitrogens with zero attached hydrogens (tertiary/aromatic N) is 1. The fraction of sp³-hybridized carbons (Fsp3) is 0.417. The Balaban J connectivity index is 1.96. The average molecular weight is 275 g/mol. The van der Waals surface area contributed by atoms with E-state index in [1.165, 1.54) is 17.0 Å². The molecule has 1 aliphatic rings. The number of alkyl halides is 3. The maximum atomic E-state index is 12.4. The summed E-state index contributed by atoms with van der Waals surface area (Å²) >= 11 is 0. The zero-order valence-corrected chi connectivity index (χ0v) is 9.85. The second kappa shape index (κ2) is 4.99. The summed E-state index contributed by atoms with van der Waals surface area (Å²) < 4.78 is 42.5. The Kier molecular flexibility index (Phi) is 3.55. The van der Waals surface area contributed by atoms with Gasteiger partial charge in [-0.25, -0.2) is 4.79 Å². The van der Waals surface area contributed by atoms with Crippen molar-refractivity contribution in [3.63, 3.8) is 0 Å². The van der Waals surface area contributed by atoms with E-state index in [4.69, 9.17) is 9.84 Å². The van der Waals surface area contributed by atoms with E-state index in [1.807, 2.05) is 0 Å². The highest BCUT2D eigenvalue weighted by Crippen LogP contribution is 2.30. The van der Waals surface area contributed by atoms with Gasteiger partial charge in [-0.3, -0.25) is 0 Å². The fourth-order valence-corrected chi connectivity index (χ4v) is 1.91. The van der Waals surface area contributed by atoms with Crippen molar-refractivity contribution in [3.05, 3.63) is 29.8 Å². The standard InChI is InChI=1S/C12H12F3NO3/c13-12(14,15)8-1-3-9(4-2-8)19-10-5-6-16(7-10)11(17)18/h1-4,10H,5-7H2,(H,17,18)/t10-/m0/s1. The second-order valence-corrected chi connectivity index (χ2v) is 4.28. The van der Waals surface area contributed by atoms with E-state index >= 15 is 0 Å². The van der Waals surface area contributed by atoms with Gasteiger partial charge in [0.2, 0.25) is 0 Å². The number of carbonyl (C=O) groups is 1. The van der Waals surface area contributed by atoms with Crippen molar-refractivity contribution >= 4 is 6.09 Å². The molecule has 0 bridgehead atoms. The Morgan fingerprint density at radius 3 is 2.42 bits per heavy atom. The summed E-state index contributed by atoms with van der Waals surface area (Å²) in [5.41, 5.74) is -0.738. The third-order valence-electron chi connectivity index (χ3n) is 2.90. The van der Waals surface area contributed by atoms with Crippen molar-refractivity contribution in [3.8, 4) is 5.75 Å². The molecule has 1 N–H and O–H groups in total. The molecular weight excluding hydrogens is 263 g/mol. The largest absolute Gasteiger partial charge is 0.489 e. The summed E-state index contributed by atoms with van der Waals surface area (Å²) in [5, 5.41) is 8.77. The van der Waals surface area contributed by atoms with Gasteiger partial charge in [0.1, 0.15) is 11.9 Å². The molecule has 1 heterocycles. The first-order valence-electron chi connectivity index (χ1n) is 5.68. The summed E-state index contributed by atoms with van der Waals surface area (Å²) in [7, 11) is 0. The Morgan fingerprint density at radius 2 is 1.95 bits per heavy atom. The van der Waals surface area contributed by atoms with Gasteiger partial charge in [0.15, 0.2) is 0 Å². The molecular formula is C12H12F3NO3. The smallest absolute Gasteiger partial charge is 0.416 e. The Hall–Kier alpha value is -1.92. The summed E-state index contributed by atoms with van der Waals surface area (Å²) in [6.07, 6.45) is -5.16. The zero-order chi connectivity index (χ0) is 14.0. The van der Waals surface area contributed by atoms with E-state index in [0.29, 0.717) is 18.7 Å². The van der Waals surface area contributed by atoms with Crippen LogP contribution in [0.5, 0.6) is 5.75 Å². The molecule has 4 nitrogen and oxygen atoms in total. The van der Waals surface area contributed by atoms with E-state index in [-0.39, 0.29) is 12.6 Å². The first-order valence-corrected chi connectivity index (χ1v) is 5.68. The van der Waals surface area contributed by atoms with Gasteiger partial charge in [-0.2, -0.15) is 13.2 Å². The SMILES string of the molecule is O=C(O)N1CC[C@H](Oc2ccc(C(F)(F)F)cc2)C1. The molecule has 2 rings (SSSR count). The average Bonchev–Trinajstić information content (AvgIpc) is 2.77. The molecule has 1 aromatic rings. The third-order valence-corrected chi connectivity index (χ3v) is 2.90. The van der Waals surface area contributed by atoms with Crippen molar-refractivity contribution < 1.29 is 27.8 Å². The molecule has 1 saturated heterocycles. The van der Waals surface area contributed by atoms with Gasteiger partial charge in [0.25, 0.3) is 0 Å². The second-order valence-electron chi connectivity index (χ2n) is 4.28. The molecule has 0 radical (unpaired) electrons. The highest BCUT2D eigenvalue weighted by molar-refractivity contribution is 5.65. The van der Waals surface area contributed by atoms with Crippen LogP contribution >= 0.6 is 0 Å². The minimum Gasteiger partial charge on any atom is -0.489 e. The molecule has 7 heteroatoms. The van der Waals surface area contributed by atoms with Gasteiger partial charge in [0, 0.05) is 13.0 Å². The van der Waals surface area contributed by atoms with Crippen molar-refractivity contribution in [2.75, 3.05) is 13.1 Å². The minimum atomic E-state index is -4.37. The number of benzene rings is 1. The lowest BCUT2D eigenvalue weighted by atomic mass is 10.2. The number of hydrogen-bond acceptors (Lipinski definition) is 2. The Bertz CT molecular complexity index is 458. The van der Waals surface area contributed by atoms with Gasteiger partial charge in [-0.05, 0) is 24.3 Å². The normalized spacial score (nSPS) is 19.5. The number of rotatable bonds is 2. The zero-order valence-electron chi connectivity index (χ0n) is 9.85. The molecule has 104 valence electrons. The highest BCUT2D eigenvalue weighted by Gasteiger charge is 2.31. The topological polar surface area (TPSA) is 49.8 Å². The molecule has 1 aliphatic heterocycles. The molecule has 0 aliphatic carbocycles. The van der Waals surface area contributed by atoms with E-state index in [1.54, 1.807) is 0 Å². The lowest BCUT2D eigenvalue weighted by molar-refractivity contribution is -0.137. The molecule has 1 fully saturated rings. The van der Waals surface area contributed by atoms with Gasteiger partial charge >= 0.3 is 12.3 Å². The molecule has 0 spiro atoms. The van der Waals surface area contributed by atoms with Crippen LogP contribution in [-0.2, 0) is 6.18 Å². The quantitative estimate of drug-likeness (QED) is 0.902. The third kappa shape index (κ3) is 3.30. The molecule has 1 aromatic carbocycles. The summed E-state index contributed by atoms with van der Waals surface area (Å²) in [6.45, 7) is 0.608. The van der Waals surface area contributed by atoms with E-state index in [2.05, 4.69) is 0 Å². The van der Waals surface area contributed by atoms with E-state index < -0.39 is 17.8 Å². The van der Waals surface area contributed by atoms with Crippen LogP contribution in [0.15, 0.2) is 24.3 Å². The van der Waals surface area contributed by atoms with Gasteiger partial charge in [0.05, 0.1) is 12.1 Å². The van der Waals surface area contributed by atoms with Gasteiger partial charge < -0.3 is 14.7 Å². The molecule has 1 atom stereocenters. The maximum Gasteiger partial charge on any atom is 0.416 e. The van der Waals surface area contributed by atoms with Crippen molar-refractivity contribution in [2.45, 2.75) is 18.7 Å². The lowest BCUT2D eigenvalue weighted by Gasteiger charge is -2.15. The molecule has 1 amide bonds. The van der Waals surface area contributed by atoms with E-state index in [0.717, 1.165) is 12.1 Å². The van der Waals surface area contributed by atoms with Crippen LogP contribution < -0.4 is 4.74 Å². The predicted octanol–water partition coefficient (Wildman–Crippen LogP) is 2.84. The first-order chi connectivity index (χ1) is 8.86. The molecule has 0 aromatic heterocycles. The number of halogens is 3. The van der Waals surface area contributed by atoms with Crippen LogP contribution in [0, 0.1) is 0 Å². The molecule has 19 heavy (non-hydrogen) atoms. The van der Waals surface area contributed by atoms with Crippen LogP contribution in [0.1, 0.15) is 12.0 Å². The summed E-state index contributed by atoms with van der Waals surface area (Å²) in [5.74, 6) is 0.310. The minimum absolute atomic E-state index is 0.232. The van der Waals surface area contributed by atoms with Crippen LogP contribution in [0.3, 0.4) is 0 Å².